The van der Waals surface area contributed by atoms with Gasteiger partial charge in [0.15, 0.2) is 5.82 Å². The van der Waals surface area contributed by atoms with Crippen molar-refractivity contribution < 1.29 is 19.4 Å². The van der Waals surface area contributed by atoms with Crippen LogP contribution < -0.4 is 15.4 Å². The highest BCUT2D eigenvalue weighted by Crippen LogP contribution is 2.41. The number of aliphatic hydroxyl groups excluding tert-OH is 1. The highest BCUT2D eigenvalue weighted by atomic mass is 35.5. The molecular formula is C33H36Cl2N6O4. The molecule has 2 atom stereocenters. The van der Waals surface area contributed by atoms with Gasteiger partial charge in [-0.2, -0.15) is 0 Å². The molecule has 236 valence electrons. The van der Waals surface area contributed by atoms with Gasteiger partial charge in [-0.15, -0.1) is 0 Å². The molecule has 0 aliphatic carbocycles. The minimum atomic E-state index is -0.556. The van der Waals surface area contributed by atoms with Crippen LogP contribution in [0.15, 0.2) is 48.5 Å². The van der Waals surface area contributed by atoms with E-state index in [4.69, 9.17) is 37.7 Å². The zero-order valence-corrected chi connectivity index (χ0v) is 27.0. The molecular weight excluding hydrogens is 615 g/mol. The van der Waals surface area contributed by atoms with Crippen LogP contribution in [0, 0.1) is 0 Å². The van der Waals surface area contributed by atoms with Crippen molar-refractivity contribution >= 4 is 34.8 Å². The van der Waals surface area contributed by atoms with Gasteiger partial charge in [-0.05, 0) is 25.6 Å². The number of halogens is 2. The predicted octanol–water partition coefficient (Wildman–Crippen LogP) is 4.94. The lowest BCUT2D eigenvalue weighted by Gasteiger charge is -2.28. The number of imidazole rings is 1. The van der Waals surface area contributed by atoms with Crippen molar-refractivity contribution in [2.75, 3.05) is 39.2 Å². The molecule has 10 nitrogen and oxygen atoms in total. The van der Waals surface area contributed by atoms with Gasteiger partial charge in [0.1, 0.15) is 0 Å². The smallest absolute Gasteiger partial charge is 0.291 e. The number of methoxy groups -OCH3 is 1. The SMILES string of the molecule is COc1nc(-c2cccc(-c3cccc(NC(=O)c4nc5c(n4C)CCN(C)C5)c3Cl)c2Cl)ccc1CN[C@H]1CCOC[C@@H]1O. The number of amides is 1. The Kier molecular flexibility index (Phi) is 9.41. The van der Waals surface area contributed by atoms with Crippen LogP contribution in [-0.2, 0) is 31.3 Å². The average molecular weight is 652 g/mol. The van der Waals surface area contributed by atoms with Gasteiger partial charge in [0.25, 0.3) is 5.91 Å². The highest BCUT2D eigenvalue weighted by Gasteiger charge is 2.26. The molecule has 0 bridgehead atoms. The van der Waals surface area contributed by atoms with E-state index in [1.165, 1.54) is 0 Å². The lowest BCUT2D eigenvalue weighted by molar-refractivity contribution is -0.0281. The third kappa shape index (κ3) is 6.44. The standard InChI is InChI=1S/C33H36Cl2N6O4/c1-40-14-12-27-26(17-40)37-31(41(27)2)32(43)38-25-9-5-7-21(30(25)35)20-6-4-8-22(29(20)34)23-11-10-19(33(39-23)44-3)16-36-24-13-15-45-18-28(24)42/h4-11,24,28,36,42H,12-18H2,1-3H3,(H,38,43)/t24-,28-/m0/s1. The van der Waals surface area contributed by atoms with Crippen LogP contribution in [-0.4, -0.2) is 76.5 Å². The molecule has 45 heavy (non-hydrogen) atoms. The fraction of sp³-hybridized carbons (Fsp3) is 0.364. The molecule has 1 fully saturated rings. The average Bonchev–Trinajstić information content (AvgIpc) is 3.37. The van der Waals surface area contributed by atoms with E-state index in [0.717, 1.165) is 36.3 Å². The fourth-order valence-electron chi connectivity index (χ4n) is 5.95. The van der Waals surface area contributed by atoms with Crippen LogP contribution in [0.4, 0.5) is 5.69 Å². The number of rotatable bonds is 8. The molecule has 2 aliphatic rings. The van der Waals surface area contributed by atoms with Crippen molar-refractivity contribution in [3.63, 3.8) is 0 Å². The molecule has 0 saturated carbocycles. The van der Waals surface area contributed by atoms with Gasteiger partial charge < -0.3 is 34.7 Å². The Labute approximate surface area is 272 Å². The van der Waals surface area contributed by atoms with Crippen molar-refractivity contribution in [3.05, 3.63) is 81.4 Å². The number of hydrogen-bond donors (Lipinski definition) is 3. The number of carbonyl (C=O) groups excluding carboxylic acids is 1. The first-order valence-corrected chi connectivity index (χ1v) is 15.7. The maximum atomic E-state index is 13.3. The molecule has 4 heterocycles. The second kappa shape index (κ2) is 13.5. The summed E-state index contributed by atoms with van der Waals surface area (Å²) in [6.45, 7) is 3.05. The summed E-state index contributed by atoms with van der Waals surface area (Å²) < 4.78 is 12.8. The van der Waals surface area contributed by atoms with E-state index < -0.39 is 6.10 Å². The van der Waals surface area contributed by atoms with Crippen molar-refractivity contribution in [2.24, 2.45) is 7.05 Å². The van der Waals surface area contributed by atoms with Crippen molar-refractivity contribution in [3.8, 4) is 28.3 Å². The van der Waals surface area contributed by atoms with Crippen molar-refractivity contribution in [1.82, 2.24) is 24.8 Å². The van der Waals surface area contributed by atoms with E-state index in [1.807, 2.05) is 61.1 Å². The number of pyridine rings is 1. The molecule has 6 rings (SSSR count). The quantitative estimate of drug-likeness (QED) is 0.246. The molecule has 1 amide bonds. The summed E-state index contributed by atoms with van der Waals surface area (Å²) in [4.78, 5) is 24.9. The highest BCUT2D eigenvalue weighted by molar-refractivity contribution is 6.39. The summed E-state index contributed by atoms with van der Waals surface area (Å²) >= 11 is 13.9. The molecule has 0 radical (unpaired) electrons. The van der Waals surface area contributed by atoms with Gasteiger partial charge in [0.2, 0.25) is 5.88 Å². The first kappa shape index (κ1) is 31.5. The third-order valence-corrected chi connectivity index (χ3v) is 9.29. The minimum Gasteiger partial charge on any atom is -0.481 e. The Morgan fingerprint density at radius 2 is 1.82 bits per heavy atom. The van der Waals surface area contributed by atoms with Gasteiger partial charge in [-0.1, -0.05) is 59.6 Å². The molecule has 2 aromatic heterocycles. The number of anilines is 1. The number of aliphatic hydroxyl groups is 1. The fourth-order valence-corrected chi connectivity index (χ4v) is 6.55. The number of likely N-dealkylation sites (N-methyl/N-ethyl adjacent to an activating group) is 1. The van der Waals surface area contributed by atoms with Crippen LogP contribution in [0.2, 0.25) is 10.0 Å². The van der Waals surface area contributed by atoms with Gasteiger partial charge in [-0.3, -0.25) is 4.79 Å². The molecule has 1 saturated heterocycles. The van der Waals surface area contributed by atoms with Crippen molar-refractivity contribution in [2.45, 2.75) is 38.1 Å². The Hall–Kier alpha value is -3.51. The normalized spacial score (nSPS) is 18.4. The van der Waals surface area contributed by atoms with Gasteiger partial charge in [0.05, 0.1) is 46.9 Å². The number of fused-ring (bicyclic) bond motifs is 1. The summed E-state index contributed by atoms with van der Waals surface area (Å²) in [7, 11) is 5.50. The first-order valence-electron chi connectivity index (χ1n) is 14.9. The van der Waals surface area contributed by atoms with Gasteiger partial charge in [0, 0.05) is 73.7 Å². The maximum Gasteiger partial charge on any atom is 0.291 e. The Balaban J connectivity index is 1.24. The van der Waals surface area contributed by atoms with Crippen LogP contribution in [0.1, 0.15) is 34.0 Å². The van der Waals surface area contributed by atoms with Gasteiger partial charge >= 0.3 is 0 Å². The van der Waals surface area contributed by atoms with E-state index in [0.29, 0.717) is 76.1 Å². The second-order valence-corrected chi connectivity index (χ2v) is 12.2. The largest absolute Gasteiger partial charge is 0.481 e. The number of hydrogen-bond acceptors (Lipinski definition) is 8. The third-order valence-electron chi connectivity index (χ3n) is 8.47. The molecule has 3 N–H and O–H groups in total. The second-order valence-electron chi connectivity index (χ2n) is 11.4. The molecule has 12 heteroatoms. The molecule has 0 spiro atoms. The molecule has 2 aromatic carbocycles. The van der Waals surface area contributed by atoms with E-state index in [2.05, 4.69) is 20.5 Å². The van der Waals surface area contributed by atoms with E-state index in [9.17, 15) is 9.90 Å². The number of nitrogens with one attached hydrogen (secondary N) is 2. The Bertz CT molecular complexity index is 1730. The molecule has 0 unspecified atom stereocenters. The molecule has 4 aromatic rings. The zero-order chi connectivity index (χ0) is 31.7. The zero-order valence-electron chi connectivity index (χ0n) is 25.4. The predicted molar refractivity (Wildman–Crippen MR) is 175 cm³/mol. The summed E-state index contributed by atoms with van der Waals surface area (Å²) in [6.07, 6.45) is 1.02. The lowest BCUT2D eigenvalue weighted by Crippen LogP contribution is -2.46. The van der Waals surface area contributed by atoms with Crippen LogP contribution in [0.25, 0.3) is 22.4 Å². The first-order chi connectivity index (χ1) is 21.7. The number of nitrogens with zero attached hydrogens (tertiary/aromatic N) is 4. The van der Waals surface area contributed by atoms with E-state index >= 15 is 0 Å². The van der Waals surface area contributed by atoms with E-state index in [-0.39, 0.29) is 11.9 Å². The summed E-state index contributed by atoms with van der Waals surface area (Å²) in [6, 6.07) is 14.9. The summed E-state index contributed by atoms with van der Waals surface area (Å²) in [5.74, 6) is 0.485. The monoisotopic (exact) mass is 650 g/mol. The van der Waals surface area contributed by atoms with Gasteiger partial charge in [-0.25, -0.2) is 9.97 Å². The number of benzene rings is 2. The molecule has 2 aliphatic heterocycles. The number of carbonyl (C=O) groups is 1. The summed E-state index contributed by atoms with van der Waals surface area (Å²) in [5, 5.41) is 17.4. The minimum absolute atomic E-state index is 0.0596. The summed E-state index contributed by atoms with van der Waals surface area (Å²) in [5.41, 5.74) is 6.04. The van der Waals surface area contributed by atoms with E-state index in [1.54, 1.807) is 13.2 Å². The number of aromatic nitrogens is 3. The van der Waals surface area contributed by atoms with Crippen LogP contribution >= 0.6 is 23.2 Å². The number of ether oxygens (including phenoxy) is 2. The van der Waals surface area contributed by atoms with Crippen LogP contribution in [0.5, 0.6) is 5.88 Å². The maximum absolute atomic E-state index is 13.3. The van der Waals surface area contributed by atoms with Crippen molar-refractivity contribution in [1.29, 1.82) is 0 Å². The Morgan fingerprint density at radius 1 is 1.07 bits per heavy atom. The lowest BCUT2D eigenvalue weighted by atomic mass is 10.00. The Morgan fingerprint density at radius 3 is 2.60 bits per heavy atom. The topological polar surface area (TPSA) is 114 Å². The van der Waals surface area contributed by atoms with Crippen LogP contribution in [0.3, 0.4) is 0 Å².